The molecule has 0 spiro atoms. The normalized spacial score (nSPS) is 32.3. The Balaban J connectivity index is 2.64. The van der Waals surface area contributed by atoms with Gasteiger partial charge in [0.05, 0.1) is 0 Å². The van der Waals surface area contributed by atoms with Crippen molar-refractivity contribution in [2.24, 2.45) is 0 Å². The maximum absolute atomic E-state index is 12.9. The summed E-state index contributed by atoms with van der Waals surface area (Å²) in [5.41, 5.74) is 0. The molecule has 12 heteroatoms. The summed E-state index contributed by atoms with van der Waals surface area (Å²) in [6, 6.07) is 0. The molecule has 0 unspecified atom stereocenters. The van der Waals surface area contributed by atoms with Gasteiger partial charge >= 0.3 is 30.0 Å². The monoisotopic (exact) mass is 306 g/mol. The SMILES string of the molecule is FC1(F)OC2=C(OC1(F)F)C(F)(F)C(F)(F)C2(F)F. The van der Waals surface area contributed by atoms with Crippen molar-refractivity contribution in [3.63, 3.8) is 0 Å². The van der Waals surface area contributed by atoms with Gasteiger partial charge in [-0.15, -0.1) is 0 Å². The first-order valence-electron chi connectivity index (χ1n) is 4.21. The van der Waals surface area contributed by atoms with E-state index in [2.05, 4.69) is 9.47 Å². The van der Waals surface area contributed by atoms with Crippen molar-refractivity contribution in [3.05, 3.63) is 11.5 Å². The Kier molecular flexibility index (Phi) is 2.24. The predicted octanol–water partition coefficient (Wildman–Crippen LogP) is 3.35. The van der Waals surface area contributed by atoms with Crippen LogP contribution in [0.3, 0.4) is 0 Å². The van der Waals surface area contributed by atoms with E-state index in [1.807, 2.05) is 0 Å². The molecule has 1 heterocycles. The summed E-state index contributed by atoms with van der Waals surface area (Å²) in [6.45, 7) is 0. The van der Waals surface area contributed by atoms with Gasteiger partial charge in [0.2, 0.25) is 11.5 Å². The van der Waals surface area contributed by atoms with E-state index in [4.69, 9.17) is 0 Å². The molecule has 2 aliphatic rings. The molecule has 0 bridgehead atoms. The highest BCUT2D eigenvalue weighted by Crippen LogP contribution is 2.64. The molecule has 19 heavy (non-hydrogen) atoms. The Morgan fingerprint density at radius 3 is 1.05 bits per heavy atom. The number of allylic oxidation sites excluding steroid dienone is 2. The first-order valence-corrected chi connectivity index (χ1v) is 4.21. The Hall–Kier alpha value is -1.36. The van der Waals surface area contributed by atoms with Crippen LogP contribution in [0.15, 0.2) is 11.5 Å². The topological polar surface area (TPSA) is 18.5 Å². The number of hydrogen-bond donors (Lipinski definition) is 0. The zero-order chi connectivity index (χ0) is 15.1. The van der Waals surface area contributed by atoms with E-state index in [1.54, 1.807) is 0 Å². The van der Waals surface area contributed by atoms with Gasteiger partial charge in [0, 0.05) is 0 Å². The van der Waals surface area contributed by atoms with Crippen LogP contribution in [0.1, 0.15) is 0 Å². The third-order valence-electron chi connectivity index (χ3n) is 2.36. The van der Waals surface area contributed by atoms with Crippen molar-refractivity contribution in [2.45, 2.75) is 30.0 Å². The van der Waals surface area contributed by atoms with E-state index in [9.17, 15) is 43.9 Å². The molecule has 0 amide bonds. The summed E-state index contributed by atoms with van der Waals surface area (Å²) in [6.07, 6.45) is -11.6. The second kappa shape index (κ2) is 3.03. The average molecular weight is 306 g/mol. The van der Waals surface area contributed by atoms with Gasteiger partial charge in [-0.2, -0.15) is 43.9 Å². The molecule has 0 aromatic rings. The highest BCUT2D eigenvalue weighted by atomic mass is 19.4. The van der Waals surface area contributed by atoms with Crippen LogP contribution in [-0.4, -0.2) is 30.0 Å². The van der Waals surface area contributed by atoms with E-state index < -0.39 is 41.5 Å². The van der Waals surface area contributed by atoms with E-state index in [0.717, 1.165) is 0 Å². The van der Waals surface area contributed by atoms with Crippen molar-refractivity contribution in [1.29, 1.82) is 0 Å². The van der Waals surface area contributed by atoms with Gasteiger partial charge in [-0.25, -0.2) is 0 Å². The molecule has 0 aromatic carbocycles. The number of rotatable bonds is 0. The molecular formula is C7F10O2. The highest BCUT2D eigenvalue weighted by Gasteiger charge is 2.87. The Morgan fingerprint density at radius 1 is 0.526 bits per heavy atom. The molecule has 0 radical (unpaired) electrons. The smallest absolute Gasteiger partial charge is 0.419 e. The maximum atomic E-state index is 12.9. The van der Waals surface area contributed by atoms with E-state index >= 15 is 0 Å². The minimum Gasteiger partial charge on any atom is -0.419 e. The molecule has 0 fully saturated rings. The van der Waals surface area contributed by atoms with Crippen molar-refractivity contribution < 1.29 is 53.4 Å². The van der Waals surface area contributed by atoms with Gasteiger partial charge in [-0.05, 0) is 0 Å². The van der Waals surface area contributed by atoms with Crippen molar-refractivity contribution >= 4 is 0 Å². The summed E-state index contributed by atoms with van der Waals surface area (Å²) in [4.78, 5) is 0. The Labute approximate surface area is 96.1 Å². The third kappa shape index (κ3) is 1.34. The molecule has 0 N–H and O–H groups in total. The van der Waals surface area contributed by atoms with Crippen LogP contribution in [0, 0.1) is 0 Å². The molecule has 0 saturated carbocycles. The summed E-state index contributed by atoms with van der Waals surface area (Å²) >= 11 is 0. The highest BCUT2D eigenvalue weighted by molar-refractivity contribution is 5.35. The minimum atomic E-state index is -6.25. The Bertz CT molecular complexity index is 424. The van der Waals surface area contributed by atoms with Crippen LogP contribution < -0.4 is 0 Å². The average Bonchev–Trinajstić information content (AvgIpc) is 2.27. The molecule has 110 valence electrons. The third-order valence-corrected chi connectivity index (χ3v) is 2.36. The van der Waals surface area contributed by atoms with Crippen LogP contribution in [-0.2, 0) is 9.47 Å². The molecule has 1 aliphatic carbocycles. The van der Waals surface area contributed by atoms with Gasteiger partial charge in [-0.1, -0.05) is 0 Å². The van der Waals surface area contributed by atoms with E-state index in [0.29, 0.717) is 0 Å². The summed E-state index contributed by atoms with van der Waals surface area (Å²) in [5.74, 6) is -24.1. The lowest BCUT2D eigenvalue weighted by atomic mass is 10.1. The quantitative estimate of drug-likeness (QED) is 0.639. The fourth-order valence-corrected chi connectivity index (χ4v) is 1.36. The van der Waals surface area contributed by atoms with Gasteiger partial charge in [0.25, 0.3) is 0 Å². The van der Waals surface area contributed by atoms with E-state index in [-0.39, 0.29) is 0 Å². The lowest BCUT2D eigenvalue weighted by Crippen LogP contribution is -2.49. The van der Waals surface area contributed by atoms with Crippen LogP contribution in [0.2, 0.25) is 0 Å². The molecular weight excluding hydrogens is 306 g/mol. The molecule has 0 atom stereocenters. The lowest BCUT2D eigenvalue weighted by molar-refractivity contribution is -0.434. The minimum absolute atomic E-state index is 2.66. The van der Waals surface area contributed by atoms with Crippen molar-refractivity contribution in [1.82, 2.24) is 0 Å². The van der Waals surface area contributed by atoms with Crippen LogP contribution in [0.4, 0.5) is 43.9 Å². The summed E-state index contributed by atoms with van der Waals surface area (Å²) in [5, 5.41) is 0. The standard InChI is InChI=1S/C7F10O2/c8-3(9)1-2(4(10,11)5(3,12)13)19-7(16,17)6(14,15)18-1. The number of halogens is 10. The van der Waals surface area contributed by atoms with Gasteiger partial charge in [-0.3, -0.25) is 0 Å². The van der Waals surface area contributed by atoms with Crippen molar-refractivity contribution in [2.75, 3.05) is 0 Å². The van der Waals surface area contributed by atoms with Crippen LogP contribution in [0.25, 0.3) is 0 Å². The van der Waals surface area contributed by atoms with Gasteiger partial charge in [0.15, 0.2) is 0 Å². The number of ether oxygens (including phenoxy) is 2. The number of hydrogen-bond acceptors (Lipinski definition) is 2. The van der Waals surface area contributed by atoms with E-state index in [1.165, 1.54) is 0 Å². The maximum Gasteiger partial charge on any atom is 0.507 e. The molecule has 0 aromatic heterocycles. The second-order valence-corrected chi connectivity index (χ2v) is 3.62. The zero-order valence-corrected chi connectivity index (χ0v) is 8.10. The fraction of sp³-hybridized carbons (Fsp3) is 0.714. The lowest BCUT2D eigenvalue weighted by Gasteiger charge is -2.32. The Morgan fingerprint density at radius 2 is 0.789 bits per heavy atom. The zero-order valence-electron chi connectivity index (χ0n) is 8.10. The second-order valence-electron chi connectivity index (χ2n) is 3.62. The summed E-state index contributed by atoms with van der Waals surface area (Å²) in [7, 11) is 0. The molecule has 2 rings (SSSR count). The fourth-order valence-electron chi connectivity index (χ4n) is 1.36. The molecule has 2 nitrogen and oxygen atoms in total. The molecule has 1 aliphatic heterocycles. The first kappa shape index (κ1) is 14.1. The van der Waals surface area contributed by atoms with Gasteiger partial charge < -0.3 is 9.47 Å². The van der Waals surface area contributed by atoms with Crippen molar-refractivity contribution in [3.8, 4) is 0 Å². The largest absolute Gasteiger partial charge is 0.507 e. The number of alkyl halides is 10. The summed E-state index contributed by atoms with van der Waals surface area (Å²) < 4.78 is 132. The van der Waals surface area contributed by atoms with Crippen LogP contribution >= 0.6 is 0 Å². The molecule has 0 saturated heterocycles. The predicted molar refractivity (Wildman–Crippen MR) is 33.9 cm³/mol. The van der Waals surface area contributed by atoms with Crippen LogP contribution in [0.5, 0.6) is 0 Å². The van der Waals surface area contributed by atoms with Gasteiger partial charge in [0.1, 0.15) is 0 Å². The first-order chi connectivity index (χ1) is 8.18.